The minimum Gasteiger partial charge on any atom is -0.486 e. The van der Waals surface area contributed by atoms with Gasteiger partial charge < -0.3 is 19.0 Å². The van der Waals surface area contributed by atoms with E-state index in [1.54, 1.807) is 0 Å². The average Bonchev–Trinajstić information content (AvgIpc) is 2.76. The molecule has 0 aliphatic carbocycles. The predicted molar refractivity (Wildman–Crippen MR) is 75.5 cm³/mol. The zero-order chi connectivity index (χ0) is 13.2. The van der Waals surface area contributed by atoms with Gasteiger partial charge in [0.15, 0.2) is 16.3 Å². The second kappa shape index (κ2) is 5.09. The summed E-state index contributed by atoms with van der Waals surface area (Å²) in [5.41, 5.74) is 2.38. The Balaban J connectivity index is 1.75. The van der Waals surface area contributed by atoms with Gasteiger partial charge in [-0.15, -0.1) is 0 Å². The lowest BCUT2D eigenvalue weighted by Gasteiger charge is -2.19. The number of hydrogen-bond donors (Lipinski definition) is 1. The van der Waals surface area contributed by atoms with Gasteiger partial charge in [-0.3, -0.25) is 0 Å². The number of H-pyrrole nitrogens is 1. The third-order valence-electron chi connectivity index (χ3n) is 3.31. The van der Waals surface area contributed by atoms with Crippen molar-refractivity contribution in [2.75, 3.05) is 13.2 Å². The Hall–Kier alpha value is -1.75. The summed E-state index contributed by atoms with van der Waals surface area (Å²) in [6, 6.07) is 6.12. The molecule has 4 nitrogen and oxygen atoms in total. The number of nitrogens with one attached hydrogen (secondary N) is 1. The molecule has 19 heavy (non-hydrogen) atoms. The molecular weight excluding hydrogens is 260 g/mol. The maximum absolute atomic E-state index is 5.59. The summed E-state index contributed by atoms with van der Waals surface area (Å²) in [7, 11) is 0. The van der Waals surface area contributed by atoms with Gasteiger partial charge in [-0.25, -0.2) is 0 Å². The van der Waals surface area contributed by atoms with Crippen LogP contribution >= 0.6 is 12.2 Å². The Morgan fingerprint density at radius 3 is 2.79 bits per heavy atom. The summed E-state index contributed by atoms with van der Waals surface area (Å²) in [5.74, 6) is 1.68. The molecule has 0 saturated carbocycles. The fourth-order valence-corrected chi connectivity index (χ4v) is 2.54. The van der Waals surface area contributed by atoms with E-state index in [1.807, 2.05) is 12.3 Å². The van der Waals surface area contributed by atoms with E-state index in [-0.39, 0.29) is 0 Å². The van der Waals surface area contributed by atoms with Crippen molar-refractivity contribution in [2.24, 2.45) is 0 Å². The molecule has 1 aliphatic heterocycles. The van der Waals surface area contributed by atoms with E-state index >= 15 is 0 Å². The second-order valence-electron chi connectivity index (χ2n) is 4.61. The van der Waals surface area contributed by atoms with Crippen LogP contribution in [0.3, 0.4) is 0 Å². The molecule has 1 N–H and O–H groups in total. The first kappa shape index (κ1) is 12.3. The van der Waals surface area contributed by atoms with Gasteiger partial charge in [0.25, 0.3) is 0 Å². The van der Waals surface area contributed by atoms with Crippen LogP contribution in [0.25, 0.3) is 0 Å². The molecule has 100 valence electrons. The molecule has 1 aromatic heterocycles. The first-order valence-electron chi connectivity index (χ1n) is 6.37. The molecule has 0 spiro atoms. The number of hydrogen-bond acceptors (Lipinski definition) is 3. The van der Waals surface area contributed by atoms with Crippen molar-refractivity contribution in [3.63, 3.8) is 0 Å². The SMILES string of the molecule is Cc1c[nH]c(=S)n1CCc1ccc2c(c1)OCCO2. The molecule has 0 fully saturated rings. The Morgan fingerprint density at radius 1 is 1.26 bits per heavy atom. The summed E-state index contributed by atoms with van der Waals surface area (Å²) in [5, 5.41) is 0. The van der Waals surface area contributed by atoms with E-state index in [9.17, 15) is 0 Å². The zero-order valence-electron chi connectivity index (χ0n) is 10.8. The van der Waals surface area contributed by atoms with Crippen molar-refractivity contribution < 1.29 is 9.47 Å². The minimum atomic E-state index is 0.623. The molecular formula is C14H16N2O2S. The van der Waals surface area contributed by atoms with Gasteiger partial charge in [-0.05, 0) is 43.3 Å². The zero-order valence-corrected chi connectivity index (χ0v) is 11.6. The summed E-state index contributed by atoms with van der Waals surface area (Å²) < 4.78 is 14.0. The highest BCUT2D eigenvalue weighted by Crippen LogP contribution is 2.30. The highest BCUT2D eigenvalue weighted by molar-refractivity contribution is 7.71. The number of ether oxygens (including phenoxy) is 2. The number of benzene rings is 1. The largest absolute Gasteiger partial charge is 0.486 e. The maximum atomic E-state index is 5.59. The second-order valence-corrected chi connectivity index (χ2v) is 5.00. The average molecular weight is 276 g/mol. The van der Waals surface area contributed by atoms with Gasteiger partial charge in [0.2, 0.25) is 0 Å². The van der Waals surface area contributed by atoms with E-state index < -0.39 is 0 Å². The number of aryl methyl sites for hydroxylation is 2. The number of fused-ring (bicyclic) bond motifs is 1. The lowest BCUT2D eigenvalue weighted by Crippen LogP contribution is -2.15. The summed E-state index contributed by atoms with van der Waals surface area (Å²) in [4.78, 5) is 3.06. The number of nitrogens with zero attached hydrogens (tertiary/aromatic N) is 1. The van der Waals surface area contributed by atoms with E-state index in [0.717, 1.165) is 34.9 Å². The minimum absolute atomic E-state index is 0.623. The van der Waals surface area contributed by atoms with Crippen LogP contribution < -0.4 is 9.47 Å². The van der Waals surface area contributed by atoms with Gasteiger partial charge >= 0.3 is 0 Å². The number of aromatic nitrogens is 2. The maximum Gasteiger partial charge on any atom is 0.177 e. The lowest BCUT2D eigenvalue weighted by atomic mass is 10.1. The van der Waals surface area contributed by atoms with Crippen molar-refractivity contribution in [2.45, 2.75) is 19.9 Å². The van der Waals surface area contributed by atoms with E-state index in [2.05, 4.69) is 28.6 Å². The molecule has 0 amide bonds. The van der Waals surface area contributed by atoms with Crippen molar-refractivity contribution >= 4 is 12.2 Å². The fraction of sp³-hybridized carbons (Fsp3) is 0.357. The van der Waals surface area contributed by atoms with Crippen molar-refractivity contribution in [3.8, 4) is 11.5 Å². The van der Waals surface area contributed by atoms with Gasteiger partial charge in [-0.1, -0.05) is 6.07 Å². The number of rotatable bonds is 3. The van der Waals surface area contributed by atoms with Crippen LogP contribution in [0.1, 0.15) is 11.3 Å². The predicted octanol–water partition coefficient (Wildman–Crippen LogP) is 2.87. The molecule has 2 aromatic rings. The van der Waals surface area contributed by atoms with E-state index in [4.69, 9.17) is 21.7 Å². The first-order chi connectivity index (χ1) is 9.24. The Labute approximate surface area is 117 Å². The Morgan fingerprint density at radius 2 is 2.05 bits per heavy atom. The van der Waals surface area contributed by atoms with Crippen LogP contribution in [-0.2, 0) is 13.0 Å². The lowest BCUT2D eigenvalue weighted by molar-refractivity contribution is 0.171. The van der Waals surface area contributed by atoms with Crippen LogP contribution in [0.5, 0.6) is 11.5 Å². The van der Waals surface area contributed by atoms with E-state index in [0.29, 0.717) is 13.2 Å². The standard InChI is InChI=1S/C14H16N2O2S/c1-10-9-15-14(19)16(10)5-4-11-2-3-12-13(8-11)18-7-6-17-12/h2-3,8-9H,4-7H2,1H3,(H,15,19). The van der Waals surface area contributed by atoms with Crippen LogP contribution in [0.4, 0.5) is 0 Å². The molecule has 2 heterocycles. The number of aromatic amines is 1. The fourth-order valence-electron chi connectivity index (χ4n) is 2.24. The van der Waals surface area contributed by atoms with Crippen LogP contribution in [0, 0.1) is 11.7 Å². The monoisotopic (exact) mass is 276 g/mol. The quantitative estimate of drug-likeness (QED) is 0.876. The third kappa shape index (κ3) is 2.51. The van der Waals surface area contributed by atoms with Crippen LogP contribution in [0.15, 0.2) is 24.4 Å². The van der Waals surface area contributed by atoms with Crippen molar-refractivity contribution in [1.29, 1.82) is 0 Å². The molecule has 1 aromatic carbocycles. The van der Waals surface area contributed by atoms with Gasteiger partial charge in [0.05, 0.1) is 0 Å². The molecule has 3 rings (SSSR count). The van der Waals surface area contributed by atoms with Gasteiger partial charge in [0, 0.05) is 18.4 Å². The topological polar surface area (TPSA) is 39.2 Å². The Kier molecular flexibility index (Phi) is 3.29. The van der Waals surface area contributed by atoms with Gasteiger partial charge in [0.1, 0.15) is 13.2 Å². The molecule has 0 radical (unpaired) electrons. The molecule has 5 heteroatoms. The first-order valence-corrected chi connectivity index (χ1v) is 6.78. The highest BCUT2D eigenvalue weighted by Gasteiger charge is 2.11. The van der Waals surface area contributed by atoms with E-state index in [1.165, 1.54) is 5.56 Å². The molecule has 0 bridgehead atoms. The molecule has 1 aliphatic rings. The van der Waals surface area contributed by atoms with Crippen molar-refractivity contribution in [1.82, 2.24) is 9.55 Å². The number of imidazole rings is 1. The smallest absolute Gasteiger partial charge is 0.177 e. The third-order valence-corrected chi connectivity index (χ3v) is 3.64. The highest BCUT2D eigenvalue weighted by atomic mass is 32.1. The summed E-state index contributed by atoms with van der Waals surface area (Å²) >= 11 is 5.25. The Bertz CT molecular complexity index is 645. The molecule has 0 atom stereocenters. The van der Waals surface area contributed by atoms with Crippen LogP contribution in [-0.4, -0.2) is 22.8 Å². The molecule has 0 unspecified atom stereocenters. The van der Waals surface area contributed by atoms with Crippen molar-refractivity contribution in [3.05, 3.63) is 40.4 Å². The normalized spacial score (nSPS) is 13.5. The molecule has 0 saturated heterocycles. The van der Waals surface area contributed by atoms with Gasteiger partial charge in [-0.2, -0.15) is 0 Å². The summed E-state index contributed by atoms with van der Waals surface area (Å²) in [6.45, 7) is 4.17. The van der Waals surface area contributed by atoms with Crippen LogP contribution in [0.2, 0.25) is 0 Å². The summed E-state index contributed by atoms with van der Waals surface area (Å²) in [6.07, 6.45) is 2.86.